The maximum absolute atomic E-state index is 11.0. The molecule has 0 bridgehead atoms. The van der Waals surface area contributed by atoms with Gasteiger partial charge in [0.2, 0.25) is 0 Å². The second-order valence-electron chi connectivity index (χ2n) is 3.68. The first-order chi connectivity index (χ1) is 7.11. The van der Waals surface area contributed by atoms with Crippen molar-refractivity contribution >= 4 is 16.9 Å². The van der Waals surface area contributed by atoms with E-state index in [2.05, 4.69) is 15.2 Å². The van der Waals surface area contributed by atoms with Crippen LogP contribution in [-0.4, -0.2) is 26.3 Å². The molecule has 0 amide bonds. The fourth-order valence-electron chi connectivity index (χ4n) is 1.57. The number of nitrogens with zero attached hydrogens (tertiary/aromatic N) is 2. The highest BCUT2D eigenvalue weighted by Crippen LogP contribution is 2.25. The molecule has 5 heteroatoms. The summed E-state index contributed by atoms with van der Waals surface area (Å²) in [5, 5.41) is 16.6. The van der Waals surface area contributed by atoms with Gasteiger partial charge in [0.1, 0.15) is 5.52 Å². The van der Waals surface area contributed by atoms with Crippen LogP contribution in [0.15, 0.2) is 12.4 Å². The lowest BCUT2D eigenvalue weighted by atomic mass is 10.0. The zero-order valence-electron chi connectivity index (χ0n) is 8.48. The summed E-state index contributed by atoms with van der Waals surface area (Å²) < 4.78 is 0. The van der Waals surface area contributed by atoms with Crippen molar-refractivity contribution in [2.24, 2.45) is 0 Å². The van der Waals surface area contributed by atoms with Gasteiger partial charge in [0.25, 0.3) is 0 Å². The average Bonchev–Trinajstić information content (AvgIpc) is 2.60. The van der Waals surface area contributed by atoms with Crippen LogP contribution >= 0.6 is 0 Å². The van der Waals surface area contributed by atoms with Crippen LogP contribution in [0.5, 0.6) is 0 Å². The van der Waals surface area contributed by atoms with Crippen LogP contribution in [0.3, 0.4) is 0 Å². The summed E-state index contributed by atoms with van der Waals surface area (Å²) >= 11 is 0. The van der Waals surface area contributed by atoms with E-state index in [0.717, 1.165) is 5.69 Å². The third-order valence-electron chi connectivity index (χ3n) is 2.30. The number of carboxylic acid groups (broad SMARTS) is 1. The molecule has 15 heavy (non-hydrogen) atoms. The molecule has 0 radical (unpaired) electrons. The molecule has 0 aromatic carbocycles. The van der Waals surface area contributed by atoms with E-state index in [9.17, 15) is 4.79 Å². The van der Waals surface area contributed by atoms with Gasteiger partial charge >= 0.3 is 5.97 Å². The zero-order valence-corrected chi connectivity index (χ0v) is 8.48. The number of aromatic nitrogens is 3. The number of carbonyl (C=O) groups is 1. The number of carboxylic acids is 1. The highest BCUT2D eigenvalue weighted by molar-refractivity contribution is 6.03. The number of aromatic amines is 1. The molecule has 0 saturated heterocycles. The Balaban J connectivity index is 2.80. The number of hydrogen-bond acceptors (Lipinski definition) is 3. The molecule has 2 N–H and O–H groups in total. The number of rotatable bonds is 2. The van der Waals surface area contributed by atoms with Crippen molar-refractivity contribution in [3.05, 3.63) is 23.7 Å². The van der Waals surface area contributed by atoms with Gasteiger partial charge in [-0.15, -0.1) is 0 Å². The number of hydrogen-bond donors (Lipinski definition) is 2. The van der Waals surface area contributed by atoms with Gasteiger partial charge in [0.05, 0.1) is 11.8 Å². The summed E-state index contributed by atoms with van der Waals surface area (Å²) in [4.78, 5) is 14.8. The molecular weight excluding hydrogens is 194 g/mol. The molecular formula is C10H11N3O2. The zero-order chi connectivity index (χ0) is 11.0. The molecule has 0 spiro atoms. The quantitative estimate of drug-likeness (QED) is 0.783. The Labute approximate surface area is 86.1 Å². The lowest BCUT2D eigenvalue weighted by Crippen LogP contribution is -2.00. The molecule has 0 unspecified atom stereocenters. The van der Waals surface area contributed by atoms with Gasteiger partial charge in [-0.1, -0.05) is 13.8 Å². The van der Waals surface area contributed by atoms with Crippen LogP contribution in [0.4, 0.5) is 0 Å². The van der Waals surface area contributed by atoms with E-state index in [1.54, 1.807) is 6.20 Å². The van der Waals surface area contributed by atoms with E-state index in [4.69, 9.17) is 5.11 Å². The van der Waals surface area contributed by atoms with Gasteiger partial charge in [-0.2, -0.15) is 5.10 Å². The minimum absolute atomic E-state index is 0.199. The van der Waals surface area contributed by atoms with Crippen LogP contribution in [0.1, 0.15) is 35.8 Å². The standard InChI is InChI=1S/C10H11N3O2/c1-5(2)9-8-6(10(14)15)3-11-4-7(8)12-13-9/h3-5H,1-2H3,(H,12,13)(H,14,15). The lowest BCUT2D eigenvalue weighted by molar-refractivity contribution is 0.0698. The van der Waals surface area contributed by atoms with Crippen LogP contribution in [0.25, 0.3) is 10.9 Å². The van der Waals surface area contributed by atoms with Gasteiger partial charge in [0, 0.05) is 17.3 Å². The molecule has 0 aliphatic heterocycles. The Morgan fingerprint density at radius 1 is 1.47 bits per heavy atom. The fourth-order valence-corrected chi connectivity index (χ4v) is 1.57. The van der Waals surface area contributed by atoms with Crippen molar-refractivity contribution in [2.75, 3.05) is 0 Å². The Hall–Kier alpha value is -1.91. The number of pyridine rings is 1. The van der Waals surface area contributed by atoms with Gasteiger partial charge < -0.3 is 5.11 Å². The summed E-state index contributed by atoms with van der Waals surface area (Å²) in [5.74, 6) is -0.771. The Kier molecular flexibility index (Phi) is 2.15. The molecule has 0 aliphatic carbocycles. The molecule has 2 rings (SSSR count). The number of aromatic carboxylic acids is 1. The predicted molar refractivity (Wildman–Crippen MR) is 54.9 cm³/mol. The van der Waals surface area contributed by atoms with Crippen LogP contribution in [0.2, 0.25) is 0 Å². The van der Waals surface area contributed by atoms with Crippen molar-refractivity contribution in [3.8, 4) is 0 Å². The minimum atomic E-state index is -0.976. The fraction of sp³-hybridized carbons (Fsp3) is 0.300. The Morgan fingerprint density at radius 3 is 2.80 bits per heavy atom. The monoisotopic (exact) mass is 205 g/mol. The second kappa shape index (κ2) is 3.34. The molecule has 2 aromatic heterocycles. The number of H-pyrrole nitrogens is 1. The van der Waals surface area contributed by atoms with Gasteiger partial charge in [-0.25, -0.2) is 4.79 Å². The van der Waals surface area contributed by atoms with Crippen molar-refractivity contribution in [1.29, 1.82) is 0 Å². The highest BCUT2D eigenvalue weighted by atomic mass is 16.4. The summed E-state index contributed by atoms with van der Waals surface area (Å²) in [6.45, 7) is 3.97. The molecule has 0 saturated carbocycles. The third kappa shape index (κ3) is 1.45. The van der Waals surface area contributed by atoms with Crippen molar-refractivity contribution in [2.45, 2.75) is 19.8 Å². The maximum atomic E-state index is 11.0. The van der Waals surface area contributed by atoms with Crippen LogP contribution in [-0.2, 0) is 0 Å². The van der Waals surface area contributed by atoms with Gasteiger partial charge in [0.15, 0.2) is 0 Å². The van der Waals surface area contributed by atoms with E-state index in [-0.39, 0.29) is 11.5 Å². The van der Waals surface area contributed by atoms with E-state index < -0.39 is 5.97 Å². The lowest BCUT2D eigenvalue weighted by Gasteiger charge is -2.03. The van der Waals surface area contributed by atoms with Gasteiger partial charge in [-0.05, 0) is 5.92 Å². The maximum Gasteiger partial charge on any atom is 0.338 e. The van der Waals surface area contributed by atoms with E-state index in [1.165, 1.54) is 6.20 Å². The minimum Gasteiger partial charge on any atom is -0.478 e. The average molecular weight is 205 g/mol. The summed E-state index contributed by atoms with van der Waals surface area (Å²) in [7, 11) is 0. The molecule has 5 nitrogen and oxygen atoms in total. The van der Waals surface area contributed by atoms with Crippen molar-refractivity contribution in [1.82, 2.24) is 15.2 Å². The first-order valence-electron chi connectivity index (χ1n) is 4.66. The smallest absolute Gasteiger partial charge is 0.338 e. The Morgan fingerprint density at radius 2 is 2.20 bits per heavy atom. The molecule has 0 atom stereocenters. The van der Waals surface area contributed by atoms with E-state index in [0.29, 0.717) is 10.9 Å². The molecule has 0 fully saturated rings. The molecule has 78 valence electrons. The molecule has 2 aromatic rings. The van der Waals surface area contributed by atoms with Crippen LogP contribution in [0, 0.1) is 0 Å². The van der Waals surface area contributed by atoms with E-state index >= 15 is 0 Å². The van der Waals surface area contributed by atoms with E-state index in [1.807, 2.05) is 13.8 Å². The number of nitrogens with one attached hydrogen (secondary N) is 1. The first kappa shape index (κ1) is 9.64. The molecule has 0 aliphatic rings. The topological polar surface area (TPSA) is 78.9 Å². The van der Waals surface area contributed by atoms with Crippen LogP contribution < -0.4 is 0 Å². The Bertz CT molecular complexity index is 516. The third-order valence-corrected chi connectivity index (χ3v) is 2.30. The first-order valence-corrected chi connectivity index (χ1v) is 4.66. The van der Waals surface area contributed by atoms with Crippen molar-refractivity contribution < 1.29 is 9.90 Å². The summed E-state index contributed by atoms with van der Waals surface area (Å²) in [6.07, 6.45) is 2.91. The molecule has 2 heterocycles. The largest absolute Gasteiger partial charge is 0.478 e. The van der Waals surface area contributed by atoms with Gasteiger partial charge in [-0.3, -0.25) is 10.1 Å². The SMILES string of the molecule is CC(C)c1[nH]nc2cncc(C(=O)O)c12. The summed E-state index contributed by atoms with van der Waals surface area (Å²) in [5.41, 5.74) is 1.63. The number of fused-ring (bicyclic) bond motifs is 1. The second-order valence-corrected chi connectivity index (χ2v) is 3.68. The summed E-state index contributed by atoms with van der Waals surface area (Å²) in [6, 6.07) is 0. The highest BCUT2D eigenvalue weighted by Gasteiger charge is 2.16. The van der Waals surface area contributed by atoms with Crippen molar-refractivity contribution in [3.63, 3.8) is 0 Å². The predicted octanol–water partition coefficient (Wildman–Crippen LogP) is 1.78. The normalized spacial score (nSPS) is 11.1.